The van der Waals surface area contributed by atoms with Crippen LogP contribution in [-0.4, -0.2) is 36.8 Å². The molecule has 0 bridgehead atoms. The van der Waals surface area contributed by atoms with Gasteiger partial charge in [0, 0.05) is 23.9 Å². The average Bonchev–Trinajstić information content (AvgIpc) is 3.22. The molecule has 168 valence electrons. The molecule has 2 aromatic heterocycles. The van der Waals surface area contributed by atoms with Crippen molar-refractivity contribution >= 4 is 11.3 Å². The van der Waals surface area contributed by atoms with Gasteiger partial charge >= 0.3 is 0 Å². The highest BCUT2D eigenvalue weighted by Gasteiger charge is 2.45. The van der Waals surface area contributed by atoms with Crippen LogP contribution in [-0.2, 0) is 6.42 Å². The molecule has 3 heterocycles. The summed E-state index contributed by atoms with van der Waals surface area (Å²) in [6, 6.07) is 16.5. The van der Waals surface area contributed by atoms with Gasteiger partial charge in [0.05, 0.1) is 12.2 Å². The SMILES string of the molecule is Nc1nccn2c(C3CC(O)(CO)C3)nc(-c3ccc4c(c3)O[C@@H](c3ccccc3)CC4)c12. The van der Waals surface area contributed by atoms with Crippen LogP contribution in [0.15, 0.2) is 60.9 Å². The fraction of sp³-hybridized carbons (Fsp3) is 0.308. The minimum absolute atomic E-state index is 0.0288. The van der Waals surface area contributed by atoms with Gasteiger partial charge in [-0.3, -0.25) is 4.40 Å². The van der Waals surface area contributed by atoms with Gasteiger partial charge in [-0.25, -0.2) is 9.97 Å². The molecule has 7 heteroatoms. The van der Waals surface area contributed by atoms with E-state index in [-0.39, 0.29) is 18.6 Å². The van der Waals surface area contributed by atoms with Crippen LogP contribution < -0.4 is 10.5 Å². The number of nitrogen functional groups attached to an aromatic ring is 1. The number of rotatable bonds is 4. The van der Waals surface area contributed by atoms with Gasteiger partial charge in [-0.2, -0.15) is 0 Å². The zero-order valence-corrected chi connectivity index (χ0v) is 18.2. The summed E-state index contributed by atoms with van der Waals surface area (Å²) in [6.07, 6.45) is 6.38. The second-order valence-corrected chi connectivity index (χ2v) is 9.22. The van der Waals surface area contributed by atoms with Crippen LogP contribution in [0.3, 0.4) is 0 Å². The normalized spacial score (nSPS) is 24.2. The number of aliphatic hydroxyl groups excluding tert-OH is 1. The highest BCUT2D eigenvalue weighted by atomic mass is 16.5. The molecule has 1 saturated carbocycles. The molecule has 7 nitrogen and oxygen atoms in total. The first-order valence-electron chi connectivity index (χ1n) is 11.4. The molecule has 0 amide bonds. The molecular weight excluding hydrogens is 416 g/mol. The standard InChI is InChI=1S/C26H26N4O3/c27-24-23-22(29-25(30(23)11-10-28-24)19-13-26(32,14-19)15-31)18-7-6-17-8-9-20(33-21(17)12-18)16-4-2-1-3-5-16/h1-7,10-12,19-20,31-32H,8-9,13-15H2,(H2,27,28)/t19?,20-,26?/m1/s1. The quantitative estimate of drug-likeness (QED) is 0.446. The molecule has 0 unspecified atom stereocenters. The lowest BCUT2D eigenvalue weighted by atomic mass is 9.71. The van der Waals surface area contributed by atoms with E-state index in [9.17, 15) is 10.2 Å². The Morgan fingerprint density at radius 3 is 2.76 bits per heavy atom. The minimum atomic E-state index is -1.03. The van der Waals surface area contributed by atoms with Crippen molar-refractivity contribution in [2.45, 2.75) is 43.3 Å². The monoisotopic (exact) mass is 442 g/mol. The average molecular weight is 443 g/mol. The number of nitrogens with two attached hydrogens (primary N) is 1. The molecule has 0 spiro atoms. The minimum Gasteiger partial charge on any atom is -0.485 e. The van der Waals surface area contributed by atoms with Crippen molar-refractivity contribution in [3.8, 4) is 17.0 Å². The van der Waals surface area contributed by atoms with Gasteiger partial charge in [0.1, 0.15) is 34.7 Å². The van der Waals surface area contributed by atoms with Gasteiger partial charge < -0.3 is 20.7 Å². The summed E-state index contributed by atoms with van der Waals surface area (Å²) in [4.78, 5) is 9.25. The molecule has 1 aliphatic carbocycles. The Balaban J connectivity index is 1.40. The van der Waals surface area contributed by atoms with E-state index in [1.54, 1.807) is 6.20 Å². The third kappa shape index (κ3) is 3.35. The van der Waals surface area contributed by atoms with Crippen LogP contribution in [0.5, 0.6) is 5.75 Å². The lowest BCUT2D eigenvalue weighted by Crippen LogP contribution is -2.46. The van der Waals surface area contributed by atoms with Gasteiger partial charge in [-0.1, -0.05) is 42.5 Å². The van der Waals surface area contributed by atoms with E-state index >= 15 is 0 Å². The molecule has 6 rings (SSSR count). The summed E-state index contributed by atoms with van der Waals surface area (Å²) < 4.78 is 8.37. The van der Waals surface area contributed by atoms with Crippen LogP contribution in [0.2, 0.25) is 0 Å². The van der Waals surface area contributed by atoms with Crippen molar-refractivity contribution in [1.82, 2.24) is 14.4 Å². The Bertz CT molecular complexity index is 1330. The maximum Gasteiger partial charge on any atom is 0.150 e. The number of hydrogen-bond acceptors (Lipinski definition) is 6. The van der Waals surface area contributed by atoms with E-state index < -0.39 is 5.60 Å². The smallest absolute Gasteiger partial charge is 0.150 e. The van der Waals surface area contributed by atoms with Crippen molar-refractivity contribution in [1.29, 1.82) is 0 Å². The largest absolute Gasteiger partial charge is 0.485 e. The predicted molar refractivity (Wildman–Crippen MR) is 125 cm³/mol. The van der Waals surface area contributed by atoms with Crippen LogP contribution in [0.1, 0.15) is 48.2 Å². The topological polar surface area (TPSA) is 106 Å². The molecule has 0 radical (unpaired) electrons. The second kappa shape index (κ2) is 7.57. The van der Waals surface area contributed by atoms with Crippen molar-refractivity contribution in [2.24, 2.45) is 0 Å². The number of aromatic nitrogens is 3. The van der Waals surface area contributed by atoms with Crippen LogP contribution in [0.25, 0.3) is 16.8 Å². The van der Waals surface area contributed by atoms with Crippen molar-refractivity contribution in [3.05, 3.63) is 77.9 Å². The van der Waals surface area contributed by atoms with E-state index in [4.69, 9.17) is 15.5 Å². The van der Waals surface area contributed by atoms with E-state index in [2.05, 4.69) is 29.2 Å². The van der Waals surface area contributed by atoms with Crippen molar-refractivity contribution < 1.29 is 14.9 Å². The van der Waals surface area contributed by atoms with Crippen molar-refractivity contribution in [3.63, 3.8) is 0 Å². The maximum absolute atomic E-state index is 10.3. The van der Waals surface area contributed by atoms with E-state index in [1.807, 2.05) is 34.9 Å². The Morgan fingerprint density at radius 1 is 1.15 bits per heavy atom. The zero-order valence-electron chi connectivity index (χ0n) is 18.2. The summed E-state index contributed by atoms with van der Waals surface area (Å²) >= 11 is 0. The highest BCUT2D eigenvalue weighted by Crippen LogP contribution is 2.46. The van der Waals surface area contributed by atoms with Crippen LogP contribution >= 0.6 is 0 Å². The van der Waals surface area contributed by atoms with Gasteiger partial charge in [0.2, 0.25) is 0 Å². The van der Waals surface area contributed by atoms with Crippen LogP contribution in [0, 0.1) is 0 Å². The Hall–Kier alpha value is -3.42. The number of anilines is 1. The van der Waals surface area contributed by atoms with E-state index in [0.29, 0.717) is 18.7 Å². The molecule has 4 N–H and O–H groups in total. The highest BCUT2D eigenvalue weighted by molar-refractivity contribution is 5.86. The maximum atomic E-state index is 10.3. The number of aliphatic hydroxyl groups is 2. The second-order valence-electron chi connectivity index (χ2n) is 9.22. The molecule has 1 atom stereocenters. The van der Waals surface area contributed by atoms with E-state index in [0.717, 1.165) is 41.2 Å². The number of aryl methyl sites for hydroxylation is 1. The molecule has 2 aliphatic rings. The number of hydrogen-bond donors (Lipinski definition) is 3. The summed E-state index contributed by atoms with van der Waals surface area (Å²) in [7, 11) is 0. The molecular formula is C26H26N4O3. The third-order valence-electron chi connectivity index (χ3n) is 6.98. The van der Waals surface area contributed by atoms with Gasteiger partial charge in [-0.05, 0) is 42.9 Å². The number of fused-ring (bicyclic) bond motifs is 2. The van der Waals surface area contributed by atoms with Gasteiger partial charge in [-0.15, -0.1) is 0 Å². The molecule has 2 aromatic carbocycles. The van der Waals surface area contributed by atoms with Crippen LogP contribution in [0.4, 0.5) is 5.82 Å². The predicted octanol–water partition coefficient (Wildman–Crippen LogP) is 3.65. The molecule has 1 fully saturated rings. The summed E-state index contributed by atoms with van der Waals surface area (Å²) in [5.41, 5.74) is 10.1. The first-order valence-corrected chi connectivity index (χ1v) is 11.4. The van der Waals surface area contributed by atoms with Gasteiger partial charge in [0.25, 0.3) is 0 Å². The Labute approximate surface area is 191 Å². The first-order chi connectivity index (χ1) is 16.0. The fourth-order valence-electron chi connectivity index (χ4n) is 5.16. The zero-order chi connectivity index (χ0) is 22.6. The molecule has 33 heavy (non-hydrogen) atoms. The Morgan fingerprint density at radius 2 is 1.97 bits per heavy atom. The summed E-state index contributed by atoms with van der Waals surface area (Å²) in [5, 5.41) is 19.8. The van der Waals surface area contributed by atoms with Crippen molar-refractivity contribution in [2.75, 3.05) is 12.3 Å². The Kier molecular flexibility index (Phi) is 4.64. The number of nitrogens with zero attached hydrogens (tertiary/aromatic N) is 3. The first kappa shape index (κ1) is 20.2. The summed E-state index contributed by atoms with van der Waals surface area (Å²) in [6.45, 7) is -0.242. The molecule has 4 aromatic rings. The lowest BCUT2D eigenvalue weighted by Gasteiger charge is -2.41. The fourth-order valence-corrected chi connectivity index (χ4v) is 5.16. The molecule has 0 saturated heterocycles. The molecule has 1 aliphatic heterocycles. The van der Waals surface area contributed by atoms with Gasteiger partial charge in [0.15, 0.2) is 0 Å². The number of imidazole rings is 1. The number of ether oxygens (including phenoxy) is 1. The third-order valence-corrected chi connectivity index (χ3v) is 6.98. The van der Waals surface area contributed by atoms with E-state index in [1.165, 1.54) is 11.1 Å². The summed E-state index contributed by atoms with van der Waals surface area (Å²) in [5.74, 6) is 2.15. The number of benzene rings is 2. The lowest BCUT2D eigenvalue weighted by molar-refractivity contribution is -0.0882.